The molecule has 0 radical (unpaired) electrons. The molecule has 1 saturated heterocycles. The highest BCUT2D eigenvalue weighted by Crippen LogP contribution is 2.27. The van der Waals surface area contributed by atoms with Crippen LogP contribution in [0.3, 0.4) is 0 Å². The molecule has 0 spiro atoms. The first kappa shape index (κ1) is 18.9. The van der Waals surface area contributed by atoms with Gasteiger partial charge in [-0.25, -0.2) is 12.8 Å². The third-order valence-electron chi connectivity index (χ3n) is 4.08. The summed E-state index contributed by atoms with van der Waals surface area (Å²) in [6.45, 7) is 8.43. The van der Waals surface area contributed by atoms with E-state index in [-0.39, 0.29) is 28.3 Å². The van der Waals surface area contributed by atoms with Crippen LogP contribution in [0, 0.1) is 17.7 Å². The molecule has 2 rings (SSSR count). The molecule has 1 N–H and O–H groups in total. The number of nitrogens with zero attached hydrogens (tertiary/aromatic N) is 1. The molecule has 7 heteroatoms. The Kier molecular flexibility index (Phi) is 5.65. The molecule has 0 bridgehead atoms. The number of carbonyl (C=O) groups is 1. The Morgan fingerprint density at radius 2 is 1.83 bits per heavy atom. The molecular formula is C17H25FN2O3S. The molecule has 0 aliphatic carbocycles. The monoisotopic (exact) mass is 356 g/mol. The van der Waals surface area contributed by atoms with Gasteiger partial charge in [0.05, 0.1) is 10.5 Å². The molecule has 1 fully saturated rings. The highest BCUT2D eigenvalue weighted by molar-refractivity contribution is 7.89. The topological polar surface area (TPSA) is 66.5 Å². The third-order valence-corrected chi connectivity index (χ3v) is 5.90. The normalized spacial score (nSPS) is 22.6. The molecule has 1 amide bonds. The van der Waals surface area contributed by atoms with Crippen molar-refractivity contribution in [2.24, 2.45) is 11.8 Å². The lowest BCUT2D eigenvalue weighted by Crippen LogP contribution is -2.42. The van der Waals surface area contributed by atoms with E-state index in [4.69, 9.17) is 0 Å². The van der Waals surface area contributed by atoms with E-state index in [1.807, 2.05) is 13.8 Å². The molecule has 1 aliphatic heterocycles. The highest BCUT2D eigenvalue weighted by atomic mass is 32.2. The second-order valence-corrected chi connectivity index (χ2v) is 8.98. The Morgan fingerprint density at radius 1 is 1.25 bits per heavy atom. The first-order valence-corrected chi connectivity index (χ1v) is 9.65. The first-order chi connectivity index (χ1) is 11.1. The largest absolute Gasteiger partial charge is 0.350 e. The van der Waals surface area contributed by atoms with Crippen molar-refractivity contribution in [3.05, 3.63) is 29.6 Å². The zero-order chi connectivity index (χ0) is 18.1. The van der Waals surface area contributed by atoms with Crippen molar-refractivity contribution < 1.29 is 17.6 Å². The summed E-state index contributed by atoms with van der Waals surface area (Å²) in [5.41, 5.74) is -0.247. The molecule has 2 unspecified atom stereocenters. The molecular weight excluding hydrogens is 331 g/mol. The fraction of sp³-hybridized carbons (Fsp3) is 0.588. The number of carbonyl (C=O) groups excluding carboxylic acids is 1. The quantitative estimate of drug-likeness (QED) is 0.902. The molecule has 2 atom stereocenters. The molecule has 134 valence electrons. The number of halogens is 1. The van der Waals surface area contributed by atoms with Gasteiger partial charge in [0.25, 0.3) is 5.91 Å². The Bertz CT molecular complexity index is 709. The van der Waals surface area contributed by atoms with Crippen LogP contribution in [0.1, 0.15) is 44.5 Å². The zero-order valence-electron chi connectivity index (χ0n) is 14.5. The number of benzene rings is 1. The average molecular weight is 356 g/mol. The van der Waals surface area contributed by atoms with Crippen LogP contribution in [-0.2, 0) is 10.0 Å². The molecule has 1 aliphatic rings. The van der Waals surface area contributed by atoms with E-state index in [9.17, 15) is 17.6 Å². The van der Waals surface area contributed by atoms with Crippen molar-refractivity contribution in [3.8, 4) is 0 Å². The number of amides is 1. The summed E-state index contributed by atoms with van der Waals surface area (Å²) >= 11 is 0. The summed E-state index contributed by atoms with van der Waals surface area (Å²) in [4.78, 5) is 12.0. The van der Waals surface area contributed by atoms with E-state index in [0.717, 1.165) is 18.6 Å². The number of rotatable bonds is 4. The van der Waals surface area contributed by atoms with E-state index < -0.39 is 21.7 Å². The van der Waals surface area contributed by atoms with Crippen molar-refractivity contribution in [3.63, 3.8) is 0 Å². The lowest BCUT2D eigenvalue weighted by Gasteiger charge is -2.34. The van der Waals surface area contributed by atoms with E-state index in [0.29, 0.717) is 13.1 Å². The van der Waals surface area contributed by atoms with E-state index in [1.54, 1.807) is 13.8 Å². The van der Waals surface area contributed by atoms with Crippen molar-refractivity contribution >= 4 is 15.9 Å². The second kappa shape index (κ2) is 7.19. The summed E-state index contributed by atoms with van der Waals surface area (Å²) in [5.74, 6) is -0.798. The van der Waals surface area contributed by atoms with Gasteiger partial charge in [-0.3, -0.25) is 4.79 Å². The van der Waals surface area contributed by atoms with E-state index >= 15 is 0 Å². The van der Waals surface area contributed by atoms with Gasteiger partial charge in [-0.1, -0.05) is 13.8 Å². The second-order valence-electron chi connectivity index (χ2n) is 7.04. The van der Waals surface area contributed by atoms with Crippen LogP contribution in [0.2, 0.25) is 0 Å². The molecule has 0 saturated carbocycles. The summed E-state index contributed by atoms with van der Waals surface area (Å²) in [6, 6.07) is 3.23. The number of nitrogens with one attached hydrogen (secondary N) is 1. The van der Waals surface area contributed by atoms with Crippen molar-refractivity contribution in [2.45, 2.75) is 45.1 Å². The summed E-state index contributed by atoms with van der Waals surface area (Å²) < 4.78 is 41.1. The van der Waals surface area contributed by atoms with E-state index in [2.05, 4.69) is 5.32 Å². The van der Waals surface area contributed by atoms with Crippen LogP contribution in [0.25, 0.3) is 0 Å². The smallest absolute Gasteiger partial charge is 0.254 e. The third kappa shape index (κ3) is 4.13. The Labute approximate surface area is 143 Å². The first-order valence-electron chi connectivity index (χ1n) is 8.21. The van der Waals surface area contributed by atoms with Gasteiger partial charge in [0.2, 0.25) is 10.0 Å². The van der Waals surface area contributed by atoms with Crippen LogP contribution < -0.4 is 5.32 Å². The average Bonchev–Trinajstić information content (AvgIpc) is 2.45. The van der Waals surface area contributed by atoms with Gasteiger partial charge >= 0.3 is 0 Å². The minimum Gasteiger partial charge on any atom is -0.350 e. The van der Waals surface area contributed by atoms with Gasteiger partial charge in [-0.05, 0) is 50.3 Å². The molecule has 1 aromatic carbocycles. The molecule has 5 nitrogen and oxygen atoms in total. The SMILES string of the molecule is CC1CC(C)CN(S(=O)(=O)c2ccc(F)c(C(=O)NC(C)C)c2)C1. The summed E-state index contributed by atoms with van der Waals surface area (Å²) in [6.07, 6.45) is 0.984. The van der Waals surface area contributed by atoms with Gasteiger partial charge in [-0.15, -0.1) is 0 Å². The van der Waals surface area contributed by atoms with E-state index in [1.165, 1.54) is 10.4 Å². The molecule has 0 aromatic heterocycles. The number of sulfonamides is 1. The molecule has 1 heterocycles. The van der Waals surface area contributed by atoms with Crippen LogP contribution in [-0.4, -0.2) is 37.8 Å². The maximum atomic E-state index is 14.0. The minimum atomic E-state index is -3.74. The molecule has 1 aromatic rings. The Balaban J connectivity index is 2.35. The minimum absolute atomic E-state index is 0.0425. The fourth-order valence-corrected chi connectivity index (χ4v) is 4.84. The predicted octanol–water partition coefficient (Wildman–Crippen LogP) is 2.63. The summed E-state index contributed by atoms with van der Waals surface area (Å²) in [5, 5.41) is 2.58. The maximum absolute atomic E-state index is 14.0. The van der Waals surface area contributed by atoms with Crippen molar-refractivity contribution in [1.29, 1.82) is 0 Å². The Hall–Kier alpha value is -1.47. The molecule has 24 heavy (non-hydrogen) atoms. The van der Waals surface area contributed by atoms with Gasteiger partial charge in [-0.2, -0.15) is 4.31 Å². The number of piperidine rings is 1. The number of hydrogen-bond donors (Lipinski definition) is 1. The van der Waals surface area contributed by atoms with Crippen LogP contribution in [0.15, 0.2) is 23.1 Å². The fourth-order valence-electron chi connectivity index (χ4n) is 3.13. The van der Waals surface area contributed by atoms with Crippen molar-refractivity contribution in [2.75, 3.05) is 13.1 Å². The number of hydrogen-bond acceptors (Lipinski definition) is 3. The summed E-state index contributed by atoms with van der Waals surface area (Å²) in [7, 11) is -3.74. The lowest BCUT2D eigenvalue weighted by molar-refractivity contribution is 0.0939. The van der Waals surface area contributed by atoms with Crippen LogP contribution in [0.4, 0.5) is 4.39 Å². The van der Waals surface area contributed by atoms with Gasteiger partial charge in [0.1, 0.15) is 5.82 Å². The van der Waals surface area contributed by atoms with Gasteiger partial charge in [0, 0.05) is 19.1 Å². The van der Waals surface area contributed by atoms with Gasteiger partial charge in [0.15, 0.2) is 0 Å². The standard InChI is InChI=1S/C17H25FN2O3S/c1-11(2)19-17(21)15-8-14(5-6-16(15)18)24(22,23)20-9-12(3)7-13(4)10-20/h5-6,8,11-13H,7,9-10H2,1-4H3,(H,19,21). The van der Waals surface area contributed by atoms with Gasteiger partial charge < -0.3 is 5.32 Å². The maximum Gasteiger partial charge on any atom is 0.254 e. The highest BCUT2D eigenvalue weighted by Gasteiger charge is 2.32. The zero-order valence-corrected chi connectivity index (χ0v) is 15.4. The predicted molar refractivity (Wildman–Crippen MR) is 90.7 cm³/mol. The van der Waals surface area contributed by atoms with Crippen LogP contribution >= 0.6 is 0 Å². The Morgan fingerprint density at radius 3 is 2.38 bits per heavy atom. The lowest BCUT2D eigenvalue weighted by atomic mass is 9.94. The van der Waals surface area contributed by atoms with Crippen LogP contribution in [0.5, 0.6) is 0 Å². The van der Waals surface area contributed by atoms with Crippen molar-refractivity contribution in [1.82, 2.24) is 9.62 Å².